The number of nitrogens with one attached hydrogen (secondary N) is 1. The average Bonchev–Trinajstić information content (AvgIpc) is 2.27. The smallest absolute Gasteiger partial charge is 0.0949 e. The van der Waals surface area contributed by atoms with Crippen LogP contribution in [0.5, 0.6) is 0 Å². The van der Waals surface area contributed by atoms with E-state index in [1.165, 1.54) is 5.56 Å². The van der Waals surface area contributed by atoms with Crippen molar-refractivity contribution < 1.29 is 4.74 Å². The van der Waals surface area contributed by atoms with Crippen LogP contribution in [-0.2, 0) is 4.74 Å². The van der Waals surface area contributed by atoms with Crippen LogP contribution < -0.4 is 5.32 Å². The third-order valence-corrected chi connectivity index (χ3v) is 3.33. The standard InChI is InChI=1S/C15H24BrNO/c1-15(2,3)9-10-18-14(11-17-4)12-5-7-13(16)8-6-12/h5-8,14,17H,9-11H2,1-4H3. The largest absolute Gasteiger partial charge is 0.372 e. The first-order chi connectivity index (χ1) is 8.42. The topological polar surface area (TPSA) is 21.3 Å². The van der Waals surface area contributed by atoms with Gasteiger partial charge in [0.25, 0.3) is 0 Å². The van der Waals surface area contributed by atoms with Crippen LogP contribution in [0.15, 0.2) is 28.7 Å². The Morgan fingerprint density at radius 2 is 1.83 bits per heavy atom. The van der Waals surface area contributed by atoms with Crippen molar-refractivity contribution in [1.82, 2.24) is 5.32 Å². The van der Waals surface area contributed by atoms with Gasteiger partial charge in [0, 0.05) is 17.6 Å². The van der Waals surface area contributed by atoms with Crippen molar-refractivity contribution in [1.29, 1.82) is 0 Å². The van der Waals surface area contributed by atoms with Crippen molar-refractivity contribution in [2.24, 2.45) is 5.41 Å². The first-order valence-corrected chi connectivity index (χ1v) is 7.23. The molecule has 1 N–H and O–H groups in total. The molecule has 0 radical (unpaired) electrons. The van der Waals surface area contributed by atoms with Gasteiger partial charge < -0.3 is 10.1 Å². The molecule has 0 aromatic heterocycles. The average molecular weight is 314 g/mol. The van der Waals surface area contributed by atoms with Crippen LogP contribution in [0.1, 0.15) is 38.9 Å². The van der Waals surface area contributed by atoms with Crippen LogP contribution in [0.25, 0.3) is 0 Å². The Bertz CT molecular complexity index is 343. The van der Waals surface area contributed by atoms with Crippen LogP contribution in [0.2, 0.25) is 0 Å². The number of ether oxygens (including phenoxy) is 1. The number of benzene rings is 1. The molecule has 0 heterocycles. The van der Waals surface area contributed by atoms with Gasteiger partial charge in [0.1, 0.15) is 0 Å². The molecule has 18 heavy (non-hydrogen) atoms. The summed E-state index contributed by atoms with van der Waals surface area (Å²) in [5.41, 5.74) is 1.55. The van der Waals surface area contributed by atoms with Crippen molar-refractivity contribution in [2.45, 2.75) is 33.3 Å². The highest BCUT2D eigenvalue weighted by Gasteiger charge is 2.14. The highest BCUT2D eigenvalue weighted by Crippen LogP contribution is 2.23. The number of likely N-dealkylation sites (N-methyl/N-ethyl adjacent to an activating group) is 1. The maximum Gasteiger partial charge on any atom is 0.0949 e. The minimum absolute atomic E-state index is 0.130. The van der Waals surface area contributed by atoms with Gasteiger partial charge in [-0.2, -0.15) is 0 Å². The summed E-state index contributed by atoms with van der Waals surface area (Å²) in [6.07, 6.45) is 1.20. The van der Waals surface area contributed by atoms with E-state index in [0.717, 1.165) is 24.0 Å². The SMILES string of the molecule is CNCC(OCCC(C)(C)C)c1ccc(Br)cc1. The van der Waals surface area contributed by atoms with Gasteiger partial charge in [0.15, 0.2) is 0 Å². The Kier molecular flexibility index (Phi) is 6.33. The summed E-state index contributed by atoms with van der Waals surface area (Å²) in [6.45, 7) is 8.35. The van der Waals surface area contributed by atoms with Gasteiger partial charge in [-0.05, 0) is 36.6 Å². The van der Waals surface area contributed by atoms with E-state index in [-0.39, 0.29) is 6.10 Å². The van der Waals surface area contributed by atoms with Gasteiger partial charge >= 0.3 is 0 Å². The molecular formula is C15H24BrNO. The molecule has 0 bridgehead atoms. The molecule has 0 amide bonds. The highest BCUT2D eigenvalue weighted by atomic mass is 79.9. The van der Waals surface area contributed by atoms with Crippen LogP contribution in [0.4, 0.5) is 0 Å². The second-order valence-corrected chi connectivity index (χ2v) is 6.69. The zero-order valence-corrected chi connectivity index (χ0v) is 13.4. The van der Waals surface area contributed by atoms with Gasteiger partial charge in [0.05, 0.1) is 6.10 Å². The van der Waals surface area contributed by atoms with E-state index in [4.69, 9.17) is 4.74 Å². The monoisotopic (exact) mass is 313 g/mol. The number of rotatable bonds is 6. The molecule has 0 aliphatic rings. The van der Waals surface area contributed by atoms with E-state index in [9.17, 15) is 0 Å². The summed E-state index contributed by atoms with van der Waals surface area (Å²) in [7, 11) is 1.96. The minimum atomic E-state index is 0.130. The maximum absolute atomic E-state index is 6.01. The van der Waals surface area contributed by atoms with E-state index in [1.807, 2.05) is 7.05 Å². The first-order valence-electron chi connectivity index (χ1n) is 6.44. The van der Waals surface area contributed by atoms with Gasteiger partial charge in [-0.1, -0.05) is 48.8 Å². The third-order valence-electron chi connectivity index (χ3n) is 2.80. The molecule has 1 aromatic rings. The molecule has 0 aliphatic carbocycles. The fourth-order valence-corrected chi connectivity index (χ4v) is 1.91. The molecule has 0 saturated carbocycles. The van der Waals surface area contributed by atoms with E-state index in [0.29, 0.717) is 5.41 Å². The number of hydrogen-bond donors (Lipinski definition) is 1. The summed E-state index contributed by atoms with van der Waals surface area (Å²) < 4.78 is 7.11. The number of halogens is 1. The highest BCUT2D eigenvalue weighted by molar-refractivity contribution is 9.10. The van der Waals surface area contributed by atoms with Gasteiger partial charge in [-0.3, -0.25) is 0 Å². The van der Waals surface area contributed by atoms with Crippen molar-refractivity contribution in [2.75, 3.05) is 20.2 Å². The van der Waals surface area contributed by atoms with E-state index < -0.39 is 0 Å². The van der Waals surface area contributed by atoms with Crippen LogP contribution >= 0.6 is 15.9 Å². The fourth-order valence-electron chi connectivity index (χ4n) is 1.64. The molecule has 0 saturated heterocycles. The Labute approximate surface area is 119 Å². The lowest BCUT2D eigenvalue weighted by Crippen LogP contribution is -2.21. The summed E-state index contributed by atoms with van der Waals surface area (Å²) in [4.78, 5) is 0. The maximum atomic E-state index is 6.01. The summed E-state index contributed by atoms with van der Waals surface area (Å²) in [6, 6.07) is 8.35. The van der Waals surface area contributed by atoms with Crippen LogP contribution in [0, 0.1) is 5.41 Å². The molecule has 1 aromatic carbocycles. The van der Waals surface area contributed by atoms with E-state index >= 15 is 0 Å². The van der Waals surface area contributed by atoms with Crippen molar-refractivity contribution >= 4 is 15.9 Å². The van der Waals surface area contributed by atoms with E-state index in [1.54, 1.807) is 0 Å². The lowest BCUT2D eigenvalue weighted by atomic mass is 9.93. The Morgan fingerprint density at radius 1 is 1.22 bits per heavy atom. The first kappa shape index (κ1) is 15.7. The zero-order chi connectivity index (χ0) is 13.6. The predicted octanol–water partition coefficient (Wildman–Crippen LogP) is 4.16. The molecule has 102 valence electrons. The summed E-state index contributed by atoms with van der Waals surface area (Å²) in [5, 5.41) is 3.19. The second kappa shape index (κ2) is 7.27. The van der Waals surface area contributed by atoms with E-state index in [2.05, 4.69) is 66.3 Å². The molecule has 1 atom stereocenters. The Balaban J connectivity index is 2.57. The predicted molar refractivity (Wildman–Crippen MR) is 80.8 cm³/mol. The normalized spacial score (nSPS) is 13.6. The lowest BCUT2D eigenvalue weighted by Gasteiger charge is -2.22. The van der Waals surface area contributed by atoms with Crippen molar-refractivity contribution in [3.8, 4) is 0 Å². The molecule has 1 rings (SSSR count). The fraction of sp³-hybridized carbons (Fsp3) is 0.600. The molecule has 1 unspecified atom stereocenters. The second-order valence-electron chi connectivity index (χ2n) is 5.78. The molecule has 0 aliphatic heterocycles. The summed E-state index contributed by atoms with van der Waals surface area (Å²) >= 11 is 3.46. The third kappa shape index (κ3) is 5.98. The van der Waals surface area contributed by atoms with Gasteiger partial charge in [0.2, 0.25) is 0 Å². The lowest BCUT2D eigenvalue weighted by molar-refractivity contribution is 0.0381. The molecule has 2 nitrogen and oxygen atoms in total. The quantitative estimate of drug-likeness (QED) is 0.851. The van der Waals surface area contributed by atoms with Crippen LogP contribution in [0.3, 0.4) is 0 Å². The molecule has 0 fully saturated rings. The Hall–Kier alpha value is -0.380. The van der Waals surface area contributed by atoms with Crippen molar-refractivity contribution in [3.63, 3.8) is 0 Å². The van der Waals surface area contributed by atoms with Gasteiger partial charge in [-0.25, -0.2) is 0 Å². The van der Waals surface area contributed by atoms with Crippen LogP contribution in [-0.4, -0.2) is 20.2 Å². The zero-order valence-electron chi connectivity index (χ0n) is 11.8. The molecule has 3 heteroatoms. The minimum Gasteiger partial charge on any atom is -0.372 e. The van der Waals surface area contributed by atoms with Gasteiger partial charge in [-0.15, -0.1) is 0 Å². The summed E-state index contributed by atoms with van der Waals surface area (Å²) in [5.74, 6) is 0. The number of hydrogen-bond acceptors (Lipinski definition) is 2. The Morgan fingerprint density at radius 3 is 2.33 bits per heavy atom. The molecular weight excluding hydrogens is 290 g/mol. The van der Waals surface area contributed by atoms with Crippen molar-refractivity contribution in [3.05, 3.63) is 34.3 Å². The molecule has 0 spiro atoms.